The molecule has 1 rings (SSSR count). The molecule has 0 aliphatic carbocycles. The van der Waals surface area contributed by atoms with Gasteiger partial charge in [-0.1, -0.05) is 43.8 Å². The van der Waals surface area contributed by atoms with Crippen molar-refractivity contribution in [2.75, 3.05) is 12.0 Å². The van der Waals surface area contributed by atoms with Crippen molar-refractivity contribution in [1.82, 2.24) is 0 Å². The molecule has 0 amide bonds. The first-order valence-corrected chi connectivity index (χ1v) is 7.54. The fourth-order valence-electron chi connectivity index (χ4n) is 1.72. The molecule has 2 heteroatoms. The third-order valence-corrected chi connectivity index (χ3v) is 5.76. The fraction of sp³-hybridized carbons (Fsp3) is 0.357. The molecule has 0 spiro atoms. The van der Waals surface area contributed by atoms with Crippen LogP contribution in [0.5, 0.6) is 0 Å². The van der Waals surface area contributed by atoms with Gasteiger partial charge in [0.25, 0.3) is 0 Å². The molecule has 0 fully saturated rings. The second kappa shape index (κ2) is 6.24. The second-order valence-corrected chi connectivity index (χ2v) is 6.18. The number of benzene rings is 1. The van der Waals surface area contributed by atoms with Gasteiger partial charge in [-0.15, -0.1) is 29.3 Å². The van der Waals surface area contributed by atoms with E-state index in [-0.39, 0.29) is 4.08 Å². The van der Waals surface area contributed by atoms with Gasteiger partial charge in [0.2, 0.25) is 0 Å². The first-order chi connectivity index (χ1) is 7.71. The summed E-state index contributed by atoms with van der Waals surface area (Å²) in [5.74, 6) is 1.08. The highest BCUT2D eigenvalue weighted by Crippen LogP contribution is 2.50. The molecule has 1 aromatic rings. The van der Waals surface area contributed by atoms with Crippen molar-refractivity contribution in [1.29, 1.82) is 0 Å². The quantitative estimate of drug-likeness (QED) is 0.549. The van der Waals surface area contributed by atoms with Crippen molar-refractivity contribution in [2.45, 2.75) is 17.9 Å². The lowest BCUT2D eigenvalue weighted by Crippen LogP contribution is -2.18. The Bertz CT molecular complexity index is 377. The molecule has 0 nitrogen and oxygen atoms in total. The number of hydrogen-bond acceptors (Lipinski definition) is 2. The second-order valence-electron chi connectivity index (χ2n) is 3.42. The molecule has 1 atom stereocenters. The van der Waals surface area contributed by atoms with Crippen LogP contribution in [0.3, 0.4) is 0 Å². The topological polar surface area (TPSA) is 0 Å². The Labute approximate surface area is 107 Å². The summed E-state index contributed by atoms with van der Waals surface area (Å²) in [6, 6.07) is 10.6. The summed E-state index contributed by atoms with van der Waals surface area (Å²) in [6.07, 6.45) is 2.15. The van der Waals surface area contributed by atoms with Crippen molar-refractivity contribution in [2.24, 2.45) is 0 Å². The summed E-state index contributed by atoms with van der Waals surface area (Å²) in [7, 11) is 0. The molecule has 16 heavy (non-hydrogen) atoms. The van der Waals surface area contributed by atoms with E-state index in [9.17, 15) is 0 Å². The van der Waals surface area contributed by atoms with Gasteiger partial charge in [0.15, 0.2) is 0 Å². The summed E-state index contributed by atoms with van der Waals surface area (Å²) in [5.41, 5.74) is 5.58. The van der Waals surface area contributed by atoms with Gasteiger partial charge in [0.1, 0.15) is 4.08 Å². The Morgan fingerprint density at radius 1 is 1.38 bits per heavy atom. The standard InChI is InChI=1S/C14H18S2/c1-5-12(3)14(15-4,16-6-2)13-10-8-7-9-11-13/h7-11H,1,6H2,2-4H3. The lowest BCUT2D eigenvalue weighted by molar-refractivity contribution is 1.04. The number of thioether (sulfide) groups is 2. The highest BCUT2D eigenvalue weighted by Gasteiger charge is 2.33. The van der Waals surface area contributed by atoms with Gasteiger partial charge in [0, 0.05) is 0 Å². The van der Waals surface area contributed by atoms with Crippen molar-refractivity contribution in [3.63, 3.8) is 0 Å². The Balaban J connectivity index is 3.28. The van der Waals surface area contributed by atoms with E-state index in [1.54, 1.807) is 0 Å². The van der Waals surface area contributed by atoms with Gasteiger partial charge in [-0.25, -0.2) is 0 Å². The lowest BCUT2D eigenvalue weighted by Gasteiger charge is -2.31. The summed E-state index contributed by atoms with van der Waals surface area (Å²) in [5, 5.41) is 0. The minimum absolute atomic E-state index is 0.0300. The minimum Gasteiger partial charge on any atom is -0.138 e. The van der Waals surface area contributed by atoms with Crippen molar-refractivity contribution in [3.05, 3.63) is 53.8 Å². The van der Waals surface area contributed by atoms with E-state index in [1.165, 1.54) is 11.1 Å². The van der Waals surface area contributed by atoms with Crippen LogP contribution in [0.4, 0.5) is 0 Å². The predicted molar refractivity (Wildman–Crippen MR) is 78.1 cm³/mol. The van der Waals surface area contributed by atoms with Crippen LogP contribution in [0, 0.1) is 0 Å². The van der Waals surface area contributed by atoms with Crippen LogP contribution < -0.4 is 0 Å². The van der Waals surface area contributed by atoms with Gasteiger partial charge < -0.3 is 0 Å². The lowest BCUT2D eigenvalue weighted by atomic mass is 10.1. The highest BCUT2D eigenvalue weighted by molar-refractivity contribution is 8.17. The highest BCUT2D eigenvalue weighted by atomic mass is 32.2. The maximum atomic E-state index is 3.79. The largest absolute Gasteiger partial charge is 0.138 e. The van der Waals surface area contributed by atoms with Crippen LogP contribution in [0.1, 0.15) is 19.4 Å². The molecule has 0 N–H and O–H groups in total. The molecule has 0 aromatic heterocycles. The summed E-state index contributed by atoms with van der Waals surface area (Å²) >= 11 is 3.78. The average molecular weight is 250 g/mol. The molecule has 1 unspecified atom stereocenters. The maximum absolute atomic E-state index is 3.79. The van der Waals surface area contributed by atoms with E-state index in [0.29, 0.717) is 0 Å². The minimum atomic E-state index is -0.0300. The third-order valence-electron chi connectivity index (χ3n) is 2.55. The molecule has 0 heterocycles. The normalized spacial score (nSPS) is 13.9. The molecule has 0 saturated heterocycles. The SMILES string of the molecule is C=C=C(C)C(SC)(SCC)c1ccccc1. The maximum Gasteiger partial charge on any atom is 0.114 e. The van der Waals surface area contributed by atoms with Crippen LogP contribution in [-0.2, 0) is 4.08 Å². The molecule has 0 aliphatic heterocycles. The number of rotatable bonds is 5. The summed E-state index contributed by atoms with van der Waals surface area (Å²) in [6.45, 7) is 8.09. The van der Waals surface area contributed by atoms with Crippen molar-refractivity contribution >= 4 is 23.5 Å². The van der Waals surface area contributed by atoms with Crippen LogP contribution in [-0.4, -0.2) is 12.0 Å². The average Bonchev–Trinajstić information content (AvgIpc) is 2.36. The van der Waals surface area contributed by atoms with Gasteiger partial charge in [-0.3, -0.25) is 0 Å². The Kier molecular flexibility index (Phi) is 5.27. The van der Waals surface area contributed by atoms with Crippen molar-refractivity contribution < 1.29 is 0 Å². The first kappa shape index (κ1) is 13.5. The zero-order valence-corrected chi connectivity index (χ0v) is 11.8. The molecule has 0 saturated carbocycles. The first-order valence-electron chi connectivity index (χ1n) is 5.33. The molecule has 0 radical (unpaired) electrons. The summed E-state index contributed by atoms with van der Waals surface area (Å²) in [4.78, 5) is 0. The van der Waals surface area contributed by atoms with E-state index in [2.05, 4.69) is 62.7 Å². The zero-order valence-electron chi connectivity index (χ0n) is 10.1. The van der Waals surface area contributed by atoms with Gasteiger partial charge in [0.05, 0.1) is 0 Å². The van der Waals surface area contributed by atoms with Gasteiger partial charge in [-0.05, 0) is 30.1 Å². The van der Waals surface area contributed by atoms with Crippen LogP contribution in [0.15, 0.2) is 48.2 Å². The zero-order chi connectivity index (χ0) is 12.0. The van der Waals surface area contributed by atoms with Crippen molar-refractivity contribution in [3.8, 4) is 0 Å². The smallest absolute Gasteiger partial charge is 0.114 e. The summed E-state index contributed by atoms with van der Waals surface area (Å²) < 4.78 is -0.0300. The van der Waals surface area contributed by atoms with Gasteiger partial charge >= 0.3 is 0 Å². The predicted octanol–water partition coefficient (Wildman–Crippen LogP) is 4.69. The Morgan fingerprint density at radius 2 is 2.00 bits per heavy atom. The molecule has 86 valence electrons. The fourth-order valence-corrected chi connectivity index (χ4v) is 4.29. The van der Waals surface area contributed by atoms with E-state index in [0.717, 1.165) is 5.75 Å². The molecule has 0 aliphatic rings. The monoisotopic (exact) mass is 250 g/mol. The Morgan fingerprint density at radius 3 is 2.44 bits per heavy atom. The Hall–Kier alpha value is -0.560. The van der Waals surface area contributed by atoms with Crippen LogP contribution in [0.2, 0.25) is 0 Å². The van der Waals surface area contributed by atoms with E-state index in [1.807, 2.05) is 23.5 Å². The van der Waals surface area contributed by atoms with E-state index in [4.69, 9.17) is 0 Å². The number of hydrogen-bond donors (Lipinski definition) is 0. The van der Waals surface area contributed by atoms with E-state index >= 15 is 0 Å². The molecular formula is C14H18S2. The van der Waals surface area contributed by atoms with E-state index < -0.39 is 0 Å². The third kappa shape index (κ3) is 2.57. The van der Waals surface area contributed by atoms with Gasteiger partial charge in [-0.2, -0.15) is 0 Å². The van der Waals surface area contributed by atoms with Crippen LogP contribution in [0.25, 0.3) is 0 Å². The van der Waals surface area contributed by atoms with Crippen LogP contribution >= 0.6 is 23.5 Å². The molecule has 1 aromatic carbocycles. The molecular weight excluding hydrogens is 232 g/mol. The molecule has 0 bridgehead atoms.